The topological polar surface area (TPSA) is 155 Å². The number of carbonyl (C=O) groups excluding carboxylic acids is 3. The van der Waals surface area contributed by atoms with E-state index >= 15 is 0 Å². The van der Waals surface area contributed by atoms with E-state index < -0.39 is 57.8 Å². The molecule has 0 aromatic rings. The predicted molar refractivity (Wildman–Crippen MR) is 307 cm³/mol. The first-order valence-corrected chi connectivity index (χ1v) is 31.0. The summed E-state index contributed by atoms with van der Waals surface area (Å²) in [5, 5.41) is 9.81. The zero-order chi connectivity index (χ0) is 54.1. The highest BCUT2D eigenvalue weighted by Gasteiger charge is 2.28. The van der Waals surface area contributed by atoms with Crippen LogP contribution in [0.5, 0.6) is 0 Å². The van der Waals surface area contributed by atoms with Crippen LogP contribution in [0.25, 0.3) is 0 Å². The van der Waals surface area contributed by atoms with Crippen molar-refractivity contribution in [2.45, 2.75) is 264 Å². The Bertz CT molecular complexity index is 1560. The SMILES string of the molecule is CC/C=C\C/C=C\C/C=C\C/C=C\C/C=C\CCCC(=O)OC(CO)COP(=O)(O)OCC(COC(=O)CCCCCCCCCCCCC)OC(=O)CCCCCCCCCCC/C=C\C/C=C\CCCCC. The zero-order valence-electron chi connectivity index (χ0n) is 47.0. The molecule has 0 fully saturated rings. The number of unbranched alkanes of at least 4 members (excludes halogenated alkanes) is 23. The Hall–Kier alpha value is -3.34. The number of aliphatic hydroxyl groups is 1. The number of hydrogen-bond donors (Lipinski definition) is 2. The van der Waals surface area contributed by atoms with Crippen molar-refractivity contribution in [2.75, 3.05) is 26.4 Å². The van der Waals surface area contributed by atoms with Crippen molar-refractivity contribution in [1.29, 1.82) is 0 Å². The maximum Gasteiger partial charge on any atom is 0.472 e. The van der Waals surface area contributed by atoms with Crippen LogP contribution < -0.4 is 0 Å². The molecule has 74 heavy (non-hydrogen) atoms. The largest absolute Gasteiger partial charge is 0.472 e. The Kier molecular flexibility index (Phi) is 53.4. The van der Waals surface area contributed by atoms with Gasteiger partial charge in [-0.2, -0.15) is 0 Å². The predicted octanol–water partition coefficient (Wildman–Crippen LogP) is 17.5. The number of ether oxygens (including phenoxy) is 3. The van der Waals surface area contributed by atoms with Gasteiger partial charge >= 0.3 is 25.7 Å². The molecule has 0 radical (unpaired) electrons. The Morgan fingerprint density at radius 3 is 1.16 bits per heavy atom. The summed E-state index contributed by atoms with van der Waals surface area (Å²) in [4.78, 5) is 48.5. The number of carbonyl (C=O) groups is 3. The van der Waals surface area contributed by atoms with Crippen molar-refractivity contribution in [2.24, 2.45) is 0 Å². The van der Waals surface area contributed by atoms with E-state index in [2.05, 4.69) is 93.7 Å². The summed E-state index contributed by atoms with van der Waals surface area (Å²) >= 11 is 0. The van der Waals surface area contributed by atoms with Crippen molar-refractivity contribution >= 4 is 25.7 Å². The molecular weight excluding hydrogens is 952 g/mol. The van der Waals surface area contributed by atoms with Gasteiger partial charge in [0.25, 0.3) is 0 Å². The molecule has 0 saturated carbocycles. The third-order valence-corrected chi connectivity index (χ3v) is 13.3. The van der Waals surface area contributed by atoms with Gasteiger partial charge < -0.3 is 24.2 Å². The number of phosphoric acid groups is 1. The van der Waals surface area contributed by atoms with Gasteiger partial charge in [0.05, 0.1) is 19.8 Å². The fraction of sp³-hybridized carbons (Fsp3) is 0.726. The summed E-state index contributed by atoms with van der Waals surface area (Å²) < 4.78 is 39.5. The van der Waals surface area contributed by atoms with Crippen LogP contribution in [0.15, 0.2) is 85.1 Å². The summed E-state index contributed by atoms with van der Waals surface area (Å²) in [5.41, 5.74) is 0. The van der Waals surface area contributed by atoms with Crippen LogP contribution >= 0.6 is 7.82 Å². The van der Waals surface area contributed by atoms with E-state index in [-0.39, 0.29) is 25.9 Å². The second-order valence-electron chi connectivity index (χ2n) is 19.4. The maximum atomic E-state index is 12.9. The highest BCUT2D eigenvalue weighted by Crippen LogP contribution is 2.43. The van der Waals surface area contributed by atoms with Gasteiger partial charge in [0.2, 0.25) is 0 Å². The molecule has 3 atom stereocenters. The second-order valence-corrected chi connectivity index (χ2v) is 20.9. The molecule has 0 bridgehead atoms. The molecule has 0 heterocycles. The lowest BCUT2D eigenvalue weighted by Gasteiger charge is -2.21. The number of hydrogen-bond acceptors (Lipinski definition) is 10. The molecule has 0 aliphatic heterocycles. The quantitative estimate of drug-likeness (QED) is 0.0197. The van der Waals surface area contributed by atoms with Crippen LogP contribution in [-0.4, -0.2) is 66.5 Å². The van der Waals surface area contributed by atoms with Crippen LogP contribution in [0.1, 0.15) is 252 Å². The molecule has 0 aromatic heterocycles. The molecule has 0 rings (SSSR count). The average Bonchev–Trinajstić information content (AvgIpc) is 3.39. The summed E-state index contributed by atoms with van der Waals surface area (Å²) in [6.07, 6.45) is 64.0. The molecule has 11 nitrogen and oxygen atoms in total. The van der Waals surface area contributed by atoms with E-state index in [0.717, 1.165) is 83.5 Å². The smallest absolute Gasteiger partial charge is 0.462 e. The van der Waals surface area contributed by atoms with Crippen molar-refractivity contribution in [3.8, 4) is 0 Å². The molecule has 0 spiro atoms. The number of allylic oxidation sites excluding steroid dienone is 14. The number of rotatable bonds is 54. The number of phosphoric ester groups is 1. The minimum atomic E-state index is -4.76. The fourth-order valence-electron chi connectivity index (χ4n) is 7.83. The van der Waals surface area contributed by atoms with Crippen molar-refractivity contribution in [3.63, 3.8) is 0 Å². The first kappa shape index (κ1) is 70.7. The highest BCUT2D eigenvalue weighted by atomic mass is 31.2. The lowest BCUT2D eigenvalue weighted by atomic mass is 10.1. The van der Waals surface area contributed by atoms with Gasteiger partial charge in [-0.05, 0) is 89.9 Å². The van der Waals surface area contributed by atoms with Crippen LogP contribution in [0, 0.1) is 0 Å². The Balaban J connectivity index is 4.73. The van der Waals surface area contributed by atoms with Gasteiger partial charge in [0.1, 0.15) is 12.7 Å². The first-order chi connectivity index (χ1) is 36.2. The van der Waals surface area contributed by atoms with Gasteiger partial charge in [0, 0.05) is 19.3 Å². The van der Waals surface area contributed by atoms with E-state index in [4.69, 9.17) is 23.3 Å². The van der Waals surface area contributed by atoms with E-state index in [1.165, 1.54) is 103 Å². The second kappa shape index (κ2) is 55.9. The number of esters is 3. The maximum absolute atomic E-state index is 12.9. The summed E-state index contributed by atoms with van der Waals surface area (Å²) in [5.74, 6) is -1.53. The van der Waals surface area contributed by atoms with Crippen molar-refractivity contribution in [1.82, 2.24) is 0 Å². The minimum Gasteiger partial charge on any atom is -0.462 e. The average molecular weight is 1060 g/mol. The molecular formula is C62H107O11P. The van der Waals surface area contributed by atoms with Crippen LogP contribution in [0.4, 0.5) is 0 Å². The van der Waals surface area contributed by atoms with E-state index in [1.54, 1.807) is 0 Å². The molecule has 0 amide bonds. The molecule has 3 unspecified atom stereocenters. The lowest BCUT2D eigenvalue weighted by molar-refractivity contribution is -0.161. The lowest BCUT2D eigenvalue weighted by Crippen LogP contribution is -2.30. The third-order valence-electron chi connectivity index (χ3n) is 12.3. The summed E-state index contributed by atoms with van der Waals surface area (Å²) in [6, 6.07) is 0. The Morgan fingerprint density at radius 1 is 0.392 bits per heavy atom. The van der Waals surface area contributed by atoms with E-state index in [9.17, 15) is 28.9 Å². The molecule has 2 N–H and O–H groups in total. The monoisotopic (exact) mass is 1060 g/mol. The number of aliphatic hydroxyl groups excluding tert-OH is 1. The Labute approximate surface area is 451 Å². The molecule has 0 aromatic carbocycles. The summed E-state index contributed by atoms with van der Waals surface area (Å²) in [7, 11) is -4.76. The van der Waals surface area contributed by atoms with Gasteiger partial charge in [-0.15, -0.1) is 0 Å². The van der Waals surface area contributed by atoms with Crippen LogP contribution in [0.3, 0.4) is 0 Å². The van der Waals surface area contributed by atoms with E-state index in [0.29, 0.717) is 25.7 Å². The molecule has 0 aliphatic carbocycles. The van der Waals surface area contributed by atoms with Gasteiger partial charge in [-0.1, -0.05) is 228 Å². The van der Waals surface area contributed by atoms with E-state index in [1.807, 2.05) is 12.2 Å². The molecule has 0 saturated heterocycles. The standard InChI is InChI=1S/C62H107O11P/c1-4-7-10-13-16-19-22-24-26-28-29-31-33-35-38-41-44-47-50-53-62(66)73-59(55-69-60(64)51-48-45-42-39-36-21-18-15-12-9-6-3)57-71-74(67,68)70-56-58(54-63)72-61(65)52-49-46-43-40-37-34-32-30-27-25-23-20-17-14-11-8-5-2/h8,11,16-17,19-20,24-27,32,34,40,43,58-59,63H,4-7,9-10,12-15,18,21-23,28-31,33,35-39,41-42,44-57H2,1-3H3,(H,67,68)/b11-8-,19-16-,20-17-,26-24-,27-25-,34-32-,43-40-. The fourth-order valence-corrected chi connectivity index (χ4v) is 8.62. The molecule has 12 heteroatoms. The minimum absolute atomic E-state index is 0.0969. The Morgan fingerprint density at radius 2 is 0.716 bits per heavy atom. The summed E-state index contributed by atoms with van der Waals surface area (Å²) in [6.45, 7) is 4.44. The van der Waals surface area contributed by atoms with Gasteiger partial charge in [-0.3, -0.25) is 23.4 Å². The third kappa shape index (κ3) is 53.5. The van der Waals surface area contributed by atoms with Crippen LogP contribution in [-0.2, 0) is 42.2 Å². The first-order valence-electron chi connectivity index (χ1n) is 29.5. The van der Waals surface area contributed by atoms with Gasteiger partial charge in [-0.25, -0.2) is 4.57 Å². The van der Waals surface area contributed by atoms with Crippen molar-refractivity contribution < 1.29 is 52.2 Å². The van der Waals surface area contributed by atoms with Gasteiger partial charge in [0.15, 0.2) is 6.10 Å². The highest BCUT2D eigenvalue weighted by molar-refractivity contribution is 7.47. The normalized spacial score (nSPS) is 14.0. The van der Waals surface area contributed by atoms with Crippen molar-refractivity contribution in [3.05, 3.63) is 85.1 Å². The zero-order valence-corrected chi connectivity index (χ0v) is 47.9. The van der Waals surface area contributed by atoms with Crippen LogP contribution in [0.2, 0.25) is 0 Å². The molecule has 426 valence electrons. The molecule has 0 aliphatic rings.